The largest absolute Gasteiger partial charge is 0.457 e. The maximum absolute atomic E-state index is 12.6. The maximum Gasteiger partial charge on any atom is 0.344 e. The van der Waals surface area contributed by atoms with Gasteiger partial charge in [0.2, 0.25) is 0 Å². The number of Topliss-reactive ketones (excluding diaryl/α,β-unsaturated/α-hetero) is 1. The van der Waals surface area contributed by atoms with Crippen molar-refractivity contribution in [1.82, 2.24) is 19.6 Å². The van der Waals surface area contributed by atoms with Gasteiger partial charge in [0.25, 0.3) is 0 Å². The number of aromatic nitrogens is 2. The fourth-order valence-electron chi connectivity index (χ4n) is 3.45. The first-order valence-corrected chi connectivity index (χ1v) is 9.98. The van der Waals surface area contributed by atoms with E-state index in [1.165, 1.54) is 17.2 Å². The first-order valence-electron chi connectivity index (χ1n) is 9.98. The summed E-state index contributed by atoms with van der Waals surface area (Å²) in [4.78, 5) is 28.1. The van der Waals surface area contributed by atoms with E-state index in [1.54, 1.807) is 17.2 Å². The van der Waals surface area contributed by atoms with Crippen LogP contribution in [0.25, 0.3) is 0 Å². The van der Waals surface area contributed by atoms with Gasteiger partial charge in [0, 0.05) is 45.8 Å². The minimum Gasteiger partial charge on any atom is -0.457 e. The van der Waals surface area contributed by atoms with Crippen molar-refractivity contribution in [3.05, 3.63) is 78.1 Å². The molecule has 7 nitrogen and oxygen atoms in total. The molecule has 0 unspecified atom stereocenters. The Balaban J connectivity index is 1.32. The van der Waals surface area contributed by atoms with Crippen molar-refractivity contribution in [2.24, 2.45) is 0 Å². The van der Waals surface area contributed by atoms with Crippen molar-refractivity contribution in [3.8, 4) is 11.5 Å². The monoisotopic (exact) mass is 404 g/mol. The Bertz CT molecular complexity index is 1020. The molecule has 3 aromatic rings. The minimum atomic E-state index is -0.194. The van der Waals surface area contributed by atoms with E-state index in [4.69, 9.17) is 4.74 Å². The van der Waals surface area contributed by atoms with Crippen LogP contribution >= 0.6 is 0 Å². The number of carbonyl (C=O) groups is 2. The van der Waals surface area contributed by atoms with Crippen molar-refractivity contribution in [1.29, 1.82) is 0 Å². The first-order chi connectivity index (χ1) is 14.6. The van der Waals surface area contributed by atoms with E-state index >= 15 is 0 Å². The summed E-state index contributed by atoms with van der Waals surface area (Å²) >= 11 is 0. The van der Waals surface area contributed by atoms with Gasteiger partial charge < -0.3 is 9.64 Å². The molecule has 30 heavy (non-hydrogen) atoms. The summed E-state index contributed by atoms with van der Waals surface area (Å²) in [7, 11) is 0. The van der Waals surface area contributed by atoms with E-state index < -0.39 is 0 Å². The molecule has 154 valence electrons. The van der Waals surface area contributed by atoms with Crippen LogP contribution in [0.4, 0.5) is 4.79 Å². The number of piperazine rings is 1. The lowest BCUT2D eigenvalue weighted by molar-refractivity contribution is 0.101. The molecule has 1 aromatic heterocycles. The van der Waals surface area contributed by atoms with Crippen LogP contribution in [0.15, 0.2) is 66.9 Å². The van der Waals surface area contributed by atoms with Crippen LogP contribution in [0.5, 0.6) is 11.5 Å². The predicted octanol–water partition coefficient (Wildman–Crippen LogP) is 3.66. The molecule has 0 bridgehead atoms. The zero-order valence-electron chi connectivity index (χ0n) is 16.9. The van der Waals surface area contributed by atoms with Gasteiger partial charge in [-0.3, -0.25) is 9.69 Å². The summed E-state index contributed by atoms with van der Waals surface area (Å²) in [6, 6.07) is 19.2. The maximum atomic E-state index is 12.6. The fourth-order valence-corrected chi connectivity index (χ4v) is 3.45. The van der Waals surface area contributed by atoms with E-state index in [9.17, 15) is 9.59 Å². The average molecular weight is 404 g/mol. The molecule has 0 N–H and O–H groups in total. The summed E-state index contributed by atoms with van der Waals surface area (Å²) in [6.07, 6.45) is 1.55. The minimum absolute atomic E-state index is 0.148. The SMILES string of the molecule is CC(=O)c1ccn(C(=O)N2CCN(Cc3cccc(Oc4ccccc4)c3)CC2)n1. The van der Waals surface area contributed by atoms with E-state index in [0.29, 0.717) is 18.8 Å². The Kier molecular flexibility index (Phi) is 5.90. The fraction of sp³-hybridized carbons (Fsp3) is 0.261. The molecule has 1 amide bonds. The van der Waals surface area contributed by atoms with Gasteiger partial charge in [-0.1, -0.05) is 30.3 Å². The molecule has 0 saturated carbocycles. The Morgan fingerprint density at radius 1 is 0.933 bits per heavy atom. The Labute approximate surface area is 175 Å². The highest BCUT2D eigenvalue weighted by atomic mass is 16.5. The summed E-state index contributed by atoms with van der Waals surface area (Å²) in [5, 5.41) is 4.06. The number of amides is 1. The van der Waals surface area contributed by atoms with Gasteiger partial charge in [0.1, 0.15) is 17.2 Å². The van der Waals surface area contributed by atoms with Crippen LogP contribution in [0.3, 0.4) is 0 Å². The van der Waals surface area contributed by atoms with Crippen LogP contribution in [0.2, 0.25) is 0 Å². The molecule has 1 fully saturated rings. The first kappa shape index (κ1) is 19.8. The van der Waals surface area contributed by atoms with Crippen molar-refractivity contribution >= 4 is 11.8 Å². The number of hydrogen-bond donors (Lipinski definition) is 0. The standard InChI is InChI=1S/C23H24N4O3/c1-18(28)22-10-11-27(24-22)23(29)26-14-12-25(13-15-26)17-19-6-5-9-21(16-19)30-20-7-3-2-4-8-20/h2-11,16H,12-15,17H2,1H3. The molecule has 4 rings (SSSR count). The number of carbonyl (C=O) groups excluding carboxylic acids is 2. The lowest BCUT2D eigenvalue weighted by Crippen LogP contribution is -2.49. The third kappa shape index (κ3) is 4.75. The molecular weight excluding hydrogens is 380 g/mol. The number of nitrogens with zero attached hydrogens (tertiary/aromatic N) is 4. The average Bonchev–Trinajstić information content (AvgIpc) is 3.26. The third-order valence-corrected chi connectivity index (χ3v) is 5.07. The number of benzene rings is 2. The van der Waals surface area contributed by atoms with Crippen molar-refractivity contribution < 1.29 is 14.3 Å². The molecule has 7 heteroatoms. The van der Waals surface area contributed by atoms with Crippen LogP contribution in [0.1, 0.15) is 23.0 Å². The van der Waals surface area contributed by atoms with Crippen LogP contribution in [-0.2, 0) is 6.54 Å². The smallest absolute Gasteiger partial charge is 0.344 e. The van der Waals surface area contributed by atoms with Gasteiger partial charge in [-0.15, -0.1) is 0 Å². The lowest BCUT2D eigenvalue weighted by atomic mass is 10.2. The van der Waals surface area contributed by atoms with Gasteiger partial charge in [-0.05, 0) is 35.9 Å². The van der Waals surface area contributed by atoms with Gasteiger partial charge in [0.05, 0.1) is 0 Å². The van der Waals surface area contributed by atoms with Crippen molar-refractivity contribution in [3.63, 3.8) is 0 Å². The molecular formula is C23H24N4O3. The number of para-hydroxylation sites is 1. The highest BCUT2D eigenvalue weighted by Crippen LogP contribution is 2.22. The Morgan fingerprint density at radius 2 is 1.67 bits per heavy atom. The van der Waals surface area contributed by atoms with Gasteiger partial charge >= 0.3 is 6.03 Å². The Hall–Kier alpha value is -3.45. The van der Waals surface area contributed by atoms with E-state index in [-0.39, 0.29) is 11.8 Å². The van der Waals surface area contributed by atoms with Gasteiger partial charge in [-0.25, -0.2) is 4.79 Å². The number of ether oxygens (including phenoxy) is 1. The topological polar surface area (TPSA) is 67.7 Å². The number of rotatable bonds is 5. The molecule has 0 atom stereocenters. The van der Waals surface area contributed by atoms with Crippen LogP contribution in [-0.4, -0.2) is 57.6 Å². The van der Waals surface area contributed by atoms with Crippen molar-refractivity contribution in [2.45, 2.75) is 13.5 Å². The molecule has 0 radical (unpaired) electrons. The summed E-state index contributed by atoms with van der Waals surface area (Å²) in [5.41, 5.74) is 1.47. The second-order valence-electron chi connectivity index (χ2n) is 7.31. The highest BCUT2D eigenvalue weighted by Gasteiger charge is 2.23. The molecule has 0 aliphatic carbocycles. The summed E-state index contributed by atoms with van der Waals surface area (Å²) in [5.74, 6) is 1.48. The quantitative estimate of drug-likeness (QED) is 0.607. The molecule has 0 spiro atoms. The summed E-state index contributed by atoms with van der Waals surface area (Å²) < 4.78 is 7.17. The van der Waals surface area contributed by atoms with E-state index in [1.807, 2.05) is 42.5 Å². The summed E-state index contributed by atoms with van der Waals surface area (Å²) in [6.45, 7) is 5.02. The van der Waals surface area contributed by atoms with Crippen molar-refractivity contribution in [2.75, 3.05) is 26.2 Å². The molecule has 1 saturated heterocycles. The second kappa shape index (κ2) is 8.92. The normalized spacial score (nSPS) is 14.5. The lowest BCUT2D eigenvalue weighted by Gasteiger charge is -2.34. The van der Waals surface area contributed by atoms with E-state index in [0.717, 1.165) is 31.1 Å². The number of hydrogen-bond acceptors (Lipinski definition) is 5. The van der Waals surface area contributed by atoms with E-state index in [2.05, 4.69) is 22.1 Å². The second-order valence-corrected chi connectivity index (χ2v) is 7.31. The van der Waals surface area contributed by atoms with Crippen LogP contribution in [0, 0.1) is 0 Å². The molecule has 2 heterocycles. The molecule has 1 aliphatic rings. The predicted molar refractivity (Wildman–Crippen MR) is 113 cm³/mol. The van der Waals surface area contributed by atoms with Gasteiger partial charge in [0.15, 0.2) is 5.78 Å². The third-order valence-electron chi connectivity index (χ3n) is 5.07. The van der Waals surface area contributed by atoms with Crippen LogP contribution < -0.4 is 4.74 Å². The molecule has 1 aliphatic heterocycles. The Morgan fingerprint density at radius 3 is 2.37 bits per heavy atom. The van der Waals surface area contributed by atoms with Gasteiger partial charge in [-0.2, -0.15) is 9.78 Å². The zero-order chi connectivity index (χ0) is 20.9. The molecule has 2 aromatic carbocycles. The highest BCUT2D eigenvalue weighted by molar-refractivity contribution is 5.92. The zero-order valence-corrected chi connectivity index (χ0v) is 16.9. The number of ketones is 1.